The van der Waals surface area contributed by atoms with E-state index in [-0.39, 0.29) is 23.9 Å². The van der Waals surface area contributed by atoms with Crippen LogP contribution in [0.5, 0.6) is 0 Å². The smallest absolute Gasteiger partial charge is 0.407 e. The van der Waals surface area contributed by atoms with E-state index in [2.05, 4.69) is 93.4 Å². The Kier molecular flexibility index (Phi) is 13.6. The predicted octanol–water partition coefficient (Wildman–Crippen LogP) is 8.16. The highest BCUT2D eigenvalue weighted by Gasteiger charge is 2.40. The van der Waals surface area contributed by atoms with Crippen molar-refractivity contribution in [1.82, 2.24) is 40.4 Å². The molecule has 0 saturated carbocycles. The molecule has 66 heavy (non-hydrogen) atoms. The number of aromatic amines is 2. The van der Waals surface area contributed by atoms with Crippen LogP contribution in [0.2, 0.25) is 0 Å². The maximum absolute atomic E-state index is 13.6. The summed E-state index contributed by atoms with van der Waals surface area (Å²) in [5, 5.41) is 5.46. The zero-order chi connectivity index (χ0) is 45.9. The first kappa shape index (κ1) is 45.2. The van der Waals surface area contributed by atoms with Gasteiger partial charge < -0.3 is 39.9 Å². The lowest BCUT2D eigenvalue weighted by molar-refractivity contribution is -0.142. The van der Waals surface area contributed by atoms with Crippen LogP contribution in [0, 0.1) is 0 Å². The maximum atomic E-state index is 13.6. The van der Waals surface area contributed by atoms with Crippen LogP contribution < -0.4 is 10.6 Å². The highest BCUT2D eigenvalue weighted by molar-refractivity contribution is 7.98. The molecule has 2 fully saturated rings. The van der Waals surface area contributed by atoms with E-state index in [1.54, 1.807) is 23.5 Å². The standard InChI is InChI=1S/C50H56N8O6S2/c1-63-49(61)55-39(19-23-65-3)47(59)57-21-17-43(57)45-51-37-15-13-33(27-41(37)53-45)35-25-29-5-9-31(35)11-7-30-6-10-32(12-8-29)36(26-30)34-14-16-38-42(28-34)54-46(52-38)44-18-22-58(44)48(60)40(20-24-66-4)56-50(62)64-2/h5-6,9-10,13-16,25-28,39-40,43-44H,7-8,11-12,17-24H2,1-4H3,(H,51,53)(H,52,54)(H,55,61)(H,56,62)/t39-,40-,43-,44-/m0/s1. The maximum Gasteiger partial charge on any atom is 0.407 e. The third-order valence-electron chi connectivity index (χ3n) is 13.3. The molecule has 2 aliphatic heterocycles. The molecule has 12 rings (SSSR count). The van der Waals surface area contributed by atoms with Gasteiger partial charge in [0.15, 0.2) is 0 Å². The van der Waals surface area contributed by atoms with Crippen LogP contribution in [-0.2, 0) is 44.7 Å². The molecule has 2 aromatic heterocycles. The van der Waals surface area contributed by atoms with Gasteiger partial charge in [-0.2, -0.15) is 23.5 Å². The van der Waals surface area contributed by atoms with Crippen LogP contribution in [0.25, 0.3) is 44.3 Å². The van der Waals surface area contributed by atoms with Gasteiger partial charge in [-0.3, -0.25) is 9.59 Å². The minimum atomic E-state index is -0.655. The lowest BCUT2D eigenvalue weighted by Crippen LogP contribution is -2.54. The zero-order valence-corrected chi connectivity index (χ0v) is 39.4. The highest BCUT2D eigenvalue weighted by Crippen LogP contribution is 2.38. The lowest BCUT2D eigenvalue weighted by atomic mass is 9.87. The van der Waals surface area contributed by atoms with E-state index < -0.39 is 24.3 Å². The Bertz CT molecular complexity index is 2600. The van der Waals surface area contributed by atoms with E-state index in [1.165, 1.54) is 47.6 Å². The zero-order valence-electron chi connectivity index (χ0n) is 37.8. The Morgan fingerprint density at radius 2 is 1.08 bits per heavy atom. The van der Waals surface area contributed by atoms with Gasteiger partial charge in [0.1, 0.15) is 23.7 Å². The molecule has 4 atom stereocenters. The van der Waals surface area contributed by atoms with Crippen molar-refractivity contribution >= 4 is 69.6 Å². The molecule has 16 heteroatoms. The lowest BCUT2D eigenvalue weighted by Gasteiger charge is -2.41. The number of aryl methyl sites for hydroxylation is 4. The van der Waals surface area contributed by atoms with Crippen molar-refractivity contribution in [3.05, 3.63) is 107 Å². The van der Waals surface area contributed by atoms with Crippen LogP contribution in [0.4, 0.5) is 9.59 Å². The first-order chi connectivity index (χ1) is 32.1. The molecule has 344 valence electrons. The molecule has 4 amide bonds. The van der Waals surface area contributed by atoms with Crippen molar-refractivity contribution in [3.8, 4) is 22.3 Å². The van der Waals surface area contributed by atoms with Crippen molar-refractivity contribution < 1.29 is 28.7 Å². The number of fused-ring (bicyclic) bond motifs is 2. The fourth-order valence-electron chi connectivity index (χ4n) is 9.45. The number of thioether (sulfide) groups is 2. The number of rotatable bonds is 14. The minimum absolute atomic E-state index is 0.119. The van der Waals surface area contributed by atoms with Gasteiger partial charge in [0, 0.05) is 13.1 Å². The summed E-state index contributed by atoms with van der Waals surface area (Å²) < 4.78 is 9.62. The number of carbonyl (C=O) groups is 4. The van der Waals surface area contributed by atoms with Crippen LogP contribution in [0.15, 0.2) is 72.8 Å². The van der Waals surface area contributed by atoms with Crippen molar-refractivity contribution in [2.45, 2.75) is 75.5 Å². The SMILES string of the molecule is COC(=O)N[C@@H](CCSC)C(=O)N1CC[C@H]1c1nc2cc(-c3cc4ccc3CCc3ccc(c(-c5ccc6[nH]c([C@@H]7CCN7C(=O)[C@H](CCSC)NC(=O)OC)nc6c5)c3)CC4)ccc2[nH]1. The minimum Gasteiger partial charge on any atom is -0.453 e. The van der Waals surface area contributed by atoms with E-state index in [1.807, 2.05) is 22.3 Å². The summed E-state index contributed by atoms with van der Waals surface area (Å²) in [6.45, 7) is 1.21. The molecule has 4 aromatic carbocycles. The molecule has 4 aliphatic carbocycles. The molecule has 4 N–H and O–H groups in total. The van der Waals surface area contributed by atoms with Gasteiger partial charge in [0.25, 0.3) is 0 Å². The number of nitrogens with zero attached hydrogens (tertiary/aromatic N) is 4. The third kappa shape index (κ3) is 9.35. The van der Waals surface area contributed by atoms with Crippen LogP contribution in [0.3, 0.4) is 0 Å². The summed E-state index contributed by atoms with van der Waals surface area (Å²) >= 11 is 3.26. The van der Waals surface area contributed by atoms with Crippen molar-refractivity contribution in [1.29, 1.82) is 0 Å². The Morgan fingerprint density at radius 1 is 0.636 bits per heavy atom. The second-order valence-electron chi connectivity index (χ2n) is 17.3. The van der Waals surface area contributed by atoms with Gasteiger partial charge in [-0.05, 0) is 144 Å². The molecule has 0 unspecified atom stereocenters. The number of imidazole rings is 2. The van der Waals surface area contributed by atoms with Crippen LogP contribution in [0.1, 0.15) is 71.7 Å². The number of hydrogen-bond donors (Lipinski definition) is 4. The van der Waals surface area contributed by atoms with Gasteiger partial charge in [-0.25, -0.2) is 19.6 Å². The molecular weight excluding hydrogens is 873 g/mol. The molecule has 6 aliphatic rings. The first-order valence-electron chi connectivity index (χ1n) is 22.7. The Morgan fingerprint density at radius 3 is 1.45 bits per heavy atom. The molecule has 0 spiro atoms. The number of ether oxygens (including phenoxy) is 2. The van der Waals surface area contributed by atoms with Gasteiger partial charge in [0.2, 0.25) is 11.8 Å². The average molecular weight is 929 g/mol. The fourth-order valence-corrected chi connectivity index (χ4v) is 10.4. The van der Waals surface area contributed by atoms with Gasteiger partial charge in [0.05, 0.1) is 48.4 Å². The number of hydrogen-bond acceptors (Lipinski definition) is 10. The number of carbonyl (C=O) groups excluding carboxylic acids is 4. The monoisotopic (exact) mass is 928 g/mol. The van der Waals surface area contributed by atoms with Crippen LogP contribution in [-0.4, -0.2) is 117 Å². The summed E-state index contributed by atoms with van der Waals surface area (Å²) in [5.41, 5.74) is 13.3. The van der Waals surface area contributed by atoms with Crippen molar-refractivity contribution in [2.24, 2.45) is 0 Å². The Labute approximate surface area is 392 Å². The second-order valence-corrected chi connectivity index (χ2v) is 19.3. The Balaban J connectivity index is 0.917. The highest BCUT2D eigenvalue weighted by atomic mass is 32.2. The number of nitrogens with one attached hydrogen (secondary N) is 4. The van der Waals surface area contributed by atoms with E-state index in [0.29, 0.717) is 25.9 Å². The number of aromatic nitrogens is 4. The summed E-state index contributed by atoms with van der Waals surface area (Å²) in [7, 11) is 2.61. The Hall–Kier alpha value is -6.00. The number of H-pyrrole nitrogens is 2. The summed E-state index contributed by atoms with van der Waals surface area (Å²) in [6, 6.07) is 24.9. The first-order valence-corrected chi connectivity index (χ1v) is 25.4. The van der Waals surface area contributed by atoms with E-state index in [0.717, 1.165) is 94.9 Å². The average Bonchev–Trinajstić information content (AvgIpc) is 3.91. The molecule has 14 nitrogen and oxygen atoms in total. The third-order valence-corrected chi connectivity index (χ3v) is 14.6. The van der Waals surface area contributed by atoms with Crippen molar-refractivity contribution in [3.63, 3.8) is 0 Å². The summed E-state index contributed by atoms with van der Waals surface area (Å²) in [6.07, 6.45) is 8.83. The number of amides is 4. The predicted molar refractivity (Wildman–Crippen MR) is 261 cm³/mol. The van der Waals surface area contributed by atoms with Gasteiger partial charge in [-0.15, -0.1) is 0 Å². The van der Waals surface area contributed by atoms with E-state index in [9.17, 15) is 19.2 Å². The second kappa shape index (κ2) is 19.8. The number of likely N-dealkylation sites (tertiary alicyclic amines) is 2. The summed E-state index contributed by atoms with van der Waals surface area (Å²) in [4.78, 5) is 72.1. The largest absolute Gasteiger partial charge is 0.453 e. The normalized spacial score (nSPS) is 17.6. The quantitative estimate of drug-likeness (QED) is 0.0835. The van der Waals surface area contributed by atoms with Gasteiger partial charge >= 0.3 is 12.2 Å². The van der Waals surface area contributed by atoms with Crippen LogP contribution >= 0.6 is 23.5 Å². The fraction of sp³-hybridized carbons (Fsp3) is 0.400. The number of methoxy groups -OCH3 is 2. The van der Waals surface area contributed by atoms with Gasteiger partial charge in [-0.1, -0.05) is 48.5 Å². The molecule has 4 heterocycles. The topological polar surface area (TPSA) is 175 Å². The van der Waals surface area contributed by atoms with E-state index >= 15 is 0 Å². The van der Waals surface area contributed by atoms with E-state index in [4.69, 9.17) is 19.4 Å². The molecule has 4 bridgehead atoms. The summed E-state index contributed by atoms with van der Waals surface area (Å²) in [5.74, 6) is 2.74. The number of alkyl carbamates (subject to hydrolysis) is 2. The molecule has 2 saturated heterocycles. The van der Waals surface area contributed by atoms with Crippen molar-refractivity contribution in [2.75, 3.05) is 51.3 Å². The molecular formula is C50H56N8O6S2. The number of benzene rings is 4. The molecule has 0 radical (unpaired) electrons. The molecule has 6 aromatic rings.